The van der Waals surface area contributed by atoms with E-state index in [-0.39, 0.29) is 5.69 Å². The van der Waals surface area contributed by atoms with Crippen molar-refractivity contribution in [3.8, 4) is 6.07 Å². The van der Waals surface area contributed by atoms with E-state index in [4.69, 9.17) is 0 Å². The predicted molar refractivity (Wildman–Crippen MR) is 72.0 cm³/mol. The third-order valence-corrected chi connectivity index (χ3v) is 5.08. The Morgan fingerprint density at radius 1 is 1.58 bits per heavy atom. The van der Waals surface area contributed by atoms with E-state index in [0.717, 1.165) is 25.7 Å². The number of H-pyrrole nitrogens is 1. The topological polar surface area (TPSA) is 86.5 Å². The van der Waals surface area contributed by atoms with E-state index in [2.05, 4.69) is 21.6 Å². The molecule has 0 bridgehead atoms. The summed E-state index contributed by atoms with van der Waals surface area (Å²) < 4.78 is 1.73. The molecule has 7 heteroatoms. The highest BCUT2D eigenvalue weighted by Gasteiger charge is 2.45. The highest BCUT2D eigenvalue weighted by atomic mass is 32.2. The standard InChI is InChI=1S/C12H17N5OS/c1-14-12(6-13,8-2-3-8)7-19-11-16-15-10(18)17(11)9-4-5-9/h8-9,14H,2-5,7H2,1H3,(H,15,18). The summed E-state index contributed by atoms with van der Waals surface area (Å²) in [5.74, 6) is 1.05. The minimum absolute atomic E-state index is 0.136. The maximum atomic E-state index is 11.7. The first kappa shape index (κ1) is 12.8. The van der Waals surface area contributed by atoms with E-state index >= 15 is 0 Å². The molecule has 2 aliphatic rings. The lowest BCUT2D eigenvalue weighted by atomic mass is 9.98. The van der Waals surface area contributed by atoms with Crippen LogP contribution in [0.1, 0.15) is 31.7 Å². The molecule has 1 atom stereocenters. The minimum atomic E-state index is -0.492. The van der Waals surface area contributed by atoms with Gasteiger partial charge in [0.25, 0.3) is 0 Å². The number of rotatable bonds is 6. The Kier molecular flexibility index (Phi) is 3.15. The van der Waals surface area contributed by atoms with Gasteiger partial charge in [0.05, 0.1) is 6.07 Å². The quantitative estimate of drug-likeness (QED) is 0.755. The highest BCUT2D eigenvalue weighted by Crippen LogP contribution is 2.42. The molecule has 0 radical (unpaired) electrons. The van der Waals surface area contributed by atoms with E-state index in [1.807, 2.05) is 7.05 Å². The summed E-state index contributed by atoms with van der Waals surface area (Å²) >= 11 is 1.50. The van der Waals surface area contributed by atoms with Crippen LogP contribution in [0.3, 0.4) is 0 Å². The summed E-state index contributed by atoms with van der Waals surface area (Å²) in [7, 11) is 1.83. The van der Waals surface area contributed by atoms with Crippen molar-refractivity contribution in [3.05, 3.63) is 10.5 Å². The van der Waals surface area contributed by atoms with Gasteiger partial charge in [-0.3, -0.25) is 4.57 Å². The molecule has 2 fully saturated rings. The van der Waals surface area contributed by atoms with Crippen LogP contribution in [0.4, 0.5) is 0 Å². The zero-order valence-electron chi connectivity index (χ0n) is 10.8. The molecule has 0 aliphatic heterocycles. The molecule has 3 rings (SSSR count). The van der Waals surface area contributed by atoms with E-state index in [1.54, 1.807) is 4.57 Å². The molecule has 0 spiro atoms. The number of nitrogens with zero attached hydrogens (tertiary/aromatic N) is 3. The molecular formula is C12H17N5OS. The number of aromatic nitrogens is 3. The maximum absolute atomic E-state index is 11.7. The van der Waals surface area contributed by atoms with Crippen LogP contribution >= 0.6 is 11.8 Å². The third kappa shape index (κ3) is 2.30. The van der Waals surface area contributed by atoms with E-state index in [1.165, 1.54) is 11.8 Å². The van der Waals surface area contributed by atoms with E-state index in [9.17, 15) is 10.1 Å². The van der Waals surface area contributed by atoms with Gasteiger partial charge < -0.3 is 5.32 Å². The van der Waals surface area contributed by atoms with Gasteiger partial charge in [-0.25, -0.2) is 9.89 Å². The summed E-state index contributed by atoms with van der Waals surface area (Å²) in [5, 5.41) is 19.9. The fraction of sp³-hybridized carbons (Fsp3) is 0.750. The summed E-state index contributed by atoms with van der Waals surface area (Å²) in [4.78, 5) is 11.7. The Morgan fingerprint density at radius 2 is 2.32 bits per heavy atom. The van der Waals surface area contributed by atoms with Gasteiger partial charge in [0.2, 0.25) is 0 Å². The Labute approximate surface area is 115 Å². The molecule has 0 saturated heterocycles. The van der Waals surface area contributed by atoms with Crippen LogP contribution in [-0.4, -0.2) is 33.1 Å². The van der Waals surface area contributed by atoms with Gasteiger partial charge in [-0.05, 0) is 38.6 Å². The fourth-order valence-electron chi connectivity index (χ4n) is 2.37. The van der Waals surface area contributed by atoms with Gasteiger partial charge in [-0.15, -0.1) is 5.10 Å². The Morgan fingerprint density at radius 3 is 2.84 bits per heavy atom. The van der Waals surface area contributed by atoms with Crippen molar-refractivity contribution in [2.24, 2.45) is 5.92 Å². The number of nitrogens with one attached hydrogen (secondary N) is 2. The SMILES string of the molecule is CNC(C#N)(CSc1n[nH]c(=O)n1C1CC1)C1CC1. The lowest BCUT2D eigenvalue weighted by Gasteiger charge is -2.25. The second-order valence-corrected chi connectivity index (χ2v) is 6.25. The summed E-state index contributed by atoms with van der Waals surface area (Å²) in [6, 6.07) is 2.72. The number of nitriles is 1. The van der Waals surface area contributed by atoms with Crippen molar-refractivity contribution in [2.75, 3.05) is 12.8 Å². The van der Waals surface area contributed by atoms with Crippen LogP contribution in [0, 0.1) is 17.2 Å². The second kappa shape index (κ2) is 4.69. The molecule has 102 valence electrons. The van der Waals surface area contributed by atoms with Crippen molar-refractivity contribution >= 4 is 11.8 Å². The van der Waals surface area contributed by atoms with Gasteiger partial charge >= 0.3 is 5.69 Å². The number of hydrogen-bond donors (Lipinski definition) is 2. The lowest BCUT2D eigenvalue weighted by molar-refractivity contribution is 0.440. The number of thioether (sulfide) groups is 1. The molecule has 1 unspecified atom stereocenters. The van der Waals surface area contributed by atoms with E-state index < -0.39 is 5.54 Å². The predicted octanol–water partition coefficient (Wildman–Crippen LogP) is 0.890. The summed E-state index contributed by atoms with van der Waals surface area (Å²) in [6.07, 6.45) is 4.30. The van der Waals surface area contributed by atoms with E-state index in [0.29, 0.717) is 22.9 Å². The first-order chi connectivity index (χ1) is 9.20. The molecule has 1 aromatic heterocycles. The number of aromatic amines is 1. The summed E-state index contributed by atoms with van der Waals surface area (Å²) in [6.45, 7) is 0. The zero-order valence-corrected chi connectivity index (χ0v) is 11.7. The van der Waals surface area contributed by atoms with Gasteiger partial charge in [0.15, 0.2) is 5.16 Å². The normalized spacial score (nSPS) is 21.9. The molecular weight excluding hydrogens is 262 g/mol. The van der Waals surface area contributed by atoms with Gasteiger partial charge in [-0.1, -0.05) is 11.8 Å². The molecule has 0 amide bonds. The average molecular weight is 279 g/mol. The zero-order chi connectivity index (χ0) is 13.5. The molecule has 2 saturated carbocycles. The van der Waals surface area contributed by atoms with Gasteiger partial charge in [0, 0.05) is 11.8 Å². The minimum Gasteiger partial charge on any atom is -0.302 e. The van der Waals surface area contributed by atoms with Gasteiger partial charge in [-0.2, -0.15) is 5.26 Å². The molecule has 0 aromatic carbocycles. The van der Waals surface area contributed by atoms with Crippen LogP contribution in [0.15, 0.2) is 9.95 Å². The molecule has 2 aliphatic carbocycles. The van der Waals surface area contributed by atoms with Crippen LogP contribution in [-0.2, 0) is 0 Å². The van der Waals surface area contributed by atoms with Crippen LogP contribution in [0.5, 0.6) is 0 Å². The molecule has 2 N–H and O–H groups in total. The maximum Gasteiger partial charge on any atom is 0.344 e. The Hall–Kier alpha value is -1.26. The average Bonchev–Trinajstić information content (AvgIpc) is 3.31. The summed E-state index contributed by atoms with van der Waals surface area (Å²) in [5.41, 5.74) is -0.628. The van der Waals surface area contributed by atoms with Crippen LogP contribution in [0.2, 0.25) is 0 Å². The van der Waals surface area contributed by atoms with Crippen molar-refractivity contribution in [2.45, 2.75) is 42.4 Å². The number of hydrogen-bond acceptors (Lipinski definition) is 5. The van der Waals surface area contributed by atoms with Crippen molar-refractivity contribution in [3.63, 3.8) is 0 Å². The monoisotopic (exact) mass is 279 g/mol. The lowest BCUT2D eigenvalue weighted by Crippen LogP contribution is -2.46. The smallest absolute Gasteiger partial charge is 0.302 e. The molecule has 6 nitrogen and oxygen atoms in total. The van der Waals surface area contributed by atoms with Crippen molar-refractivity contribution < 1.29 is 0 Å². The second-order valence-electron chi connectivity index (χ2n) is 5.31. The van der Waals surface area contributed by atoms with Gasteiger partial charge in [0.1, 0.15) is 5.54 Å². The first-order valence-electron chi connectivity index (χ1n) is 6.60. The van der Waals surface area contributed by atoms with Crippen molar-refractivity contribution in [1.82, 2.24) is 20.1 Å². The largest absolute Gasteiger partial charge is 0.344 e. The molecule has 19 heavy (non-hydrogen) atoms. The Balaban J connectivity index is 1.75. The van der Waals surface area contributed by atoms with Crippen LogP contribution in [0.25, 0.3) is 0 Å². The van der Waals surface area contributed by atoms with Crippen molar-refractivity contribution in [1.29, 1.82) is 5.26 Å². The molecule has 1 aromatic rings. The fourth-order valence-corrected chi connectivity index (χ4v) is 3.66. The highest BCUT2D eigenvalue weighted by molar-refractivity contribution is 7.99. The first-order valence-corrected chi connectivity index (χ1v) is 7.58. The van der Waals surface area contributed by atoms with Crippen LogP contribution < -0.4 is 11.0 Å². The third-order valence-electron chi connectivity index (χ3n) is 3.93. The Bertz CT molecular complexity index is 565. The molecule has 1 heterocycles.